The molecule has 0 aliphatic carbocycles. The van der Waals surface area contributed by atoms with E-state index in [2.05, 4.69) is 72.7 Å². The van der Waals surface area contributed by atoms with E-state index in [0.717, 1.165) is 28.8 Å². The molecule has 4 aromatic rings. The predicted molar refractivity (Wildman–Crippen MR) is 118 cm³/mol. The minimum atomic E-state index is 0.463. The molecule has 4 rings (SSSR count). The van der Waals surface area contributed by atoms with Crippen molar-refractivity contribution >= 4 is 11.1 Å². The molecule has 0 fully saturated rings. The van der Waals surface area contributed by atoms with Crippen molar-refractivity contribution in [2.24, 2.45) is 0 Å². The Labute approximate surface area is 171 Å². The van der Waals surface area contributed by atoms with Crippen LogP contribution in [-0.2, 0) is 6.61 Å². The van der Waals surface area contributed by atoms with E-state index < -0.39 is 0 Å². The van der Waals surface area contributed by atoms with Crippen LogP contribution in [0.5, 0.6) is 0 Å². The minimum absolute atomic E-state index is 0.463. The van der Waals surface area contributed by atoms with Crippen molar-refractivity contribution in [1.82, 2.24) is 9.94 Å². The molecular formula is C26H24N2O. The first kappa shape index (κ1) is 18.8. The smallest absolute Gasteiger partial charge is 0.142 e. The highest BCUT2D eigenvalue weighted by Gasteiger charge is 2.17. The second-order valence-electron chi connectivity index (χ2n) is 6.79. The third-order valence-corrected chi connectivity index (χ3v) is 4.90. The van der Waals surface area contributed by atoms with Crippen molar-refractivity contribution in [3.63, 3.8) is 0 Å². The van der Waals surface area contributed by atoms with E-state index in [1.54, 1.807) is 11.0 Å². The summed E-state index contributed by atoms with van der Waals surface area (Å²) in [6.07, 6.45) is 2.69. The zero-order chi connectivity index (χ0) is 19.9. The second kappa shape index (κ2) is 9.07. The van der Waals surface area contributed by atoms with Crippen LogP contribution in [0.15, 0.2) is 103 Å². The fourth-order valence-electron chi connectivity index (χ4n) is 3.53. The number of hydrogen-bond donors (Lipinski definition) is 0. The van der Waals surface area contributed by atoms with E-state index in [9.17, 15) is 0 Å². The topological polar surface area (TPSA) is 27.1 Å². The fraction of sp³-hybridized carbons (Fsp3) is 0.115. The van der Waals surface area contributed by atoms with Gasteiger partial charge in [0.1, 0.15) is 12.3 Å². The molecule has 3 heteroatoms. The normalized spacial score (nSPS) is 11.8. The molecule has 3 aromatic carbocycles. The van der Waals surface area contributed by atoms with E-state index >= 15 is 0 Å². The summed E-state index contributed by atoms with van der Waals surface area (Å²) in [6.45, 7) is 2.65. The van der Waals surface area contributed by atoms with Gasteiger partial charge in [-0.3, -0.25) is 0 Å². The Hall–Kier alpha value is -3.59. The largest absolute Gasteiger partial charge is 0.391 e. The zero-order valence-electron chi connectivity index (χ0n) is 16.5. The third-order valence-electron chi connectivity index (χ3n) is 4.90. The average Bonchev–Trinajstić information content (AvgIpc) is 3.26. The Morgan fingerprint density at radius 2 is 1.34 bits per heavy atom. The third kappa shape index (κ3) is 4.30. The van der Waals surface area contributed by atoms with Crippen molar-refractivity contribution in [3.8, 4) is 0 Å². The number of rotatable bonds is 7. The number of hydrogen-bond acceptors (Lipinski definition) is 2. The summed E-state index contributed by atoms with van der Waals surface area (Å²) in [5.74, 6) is 0. The fourth-order valence-corrected chi connectivity index (χ4v) is 3.53. The quantitative estimate of drug-likeness (QED) is 0.374. The van der Waals surface area contributed by atoms with Crippen LogP contribution in [0.25, 0.3) is 11.1 Å². The van der Waals surface area contributed by atoms with E-state index in [0.29, 0.717) is 6.61 Å². The van der Waals surface area contributed by atoms with Crippen LogP contribution in [0.2, 0.25) is 0 Å². The first-order valence-corrected chi connectivity index (χ1v) is 9.92. The summed E-state index contributed by atoms with van der Waals surface area (Å²) in [7, 11) is 0. The monoisotopic (exact) mass is 380 g/mol. The van der Waals surface area contributed by atoms with Crippen molar-refractivity contribution in [1.29, 1.82) is 0 Å². The zero-order valence-corrected chi connectivity index (χ0v) is 16.5. The molecule has 3 nitrogen and oxygen atoms in total. The standard InChI is InChI=1S/C26H24N2O/c1-2-24(22-14-8-4-9-15-22)26(23-16-10-5-11-17-23)25-18-19-27-28(25)29-20-21-12-6-3-7-13-21/h3-19H,2,20H2,1H3. The maximum Gasteiger partial charge on any atom is 0.142 e. The Balaban J connectivity index is 1.79. The van der Waals surface area contributed by atoms with E-state index in [1.165, 1.54) is 11.1 Å². The molecule has 0 aliphatic rings. The molecule has 0 spiro atoms. The molecule has 1 heterocycles. The van der Waals surface area contributed by atoms with Gasteiger partial charge in [-0.25, -0.2) is 0 Å². The van der Waals surface area contributed by atoms with Crippen molar-refractivity contribution in [3.05, 3.63) is 126 Å². The molecule has 0 saturated carbocycles. The van der Waals surface area contributed by atoms with Crippen LogP contribution in [0.4, 0.5) is 0 Å². The maximum atomic E-state index is 6.07. The lowest BCUT2D eigenvalue weighted by atomic mass is 9.91. The predicted octanol–water partition coefficient (Wildman–Crippen LogP) is 5.88. The lowest BCUT2D eigenvalue weighted by molar-refractivity contribution is 0.0683. The van der Waals surface area contributed by atoms with Crippen molar-refractivity contribution in [2.75, 3.05) is 0 Å². The molecule has 29 heavy (non-hydrogen) atoms. The van der Waals surface area contributed by atoms with Gasteiger partial charge in [0.05, 0.1) is 6.20 Å². The molecule has 0 N–H and O–H groups in total. The highest BCUT2D eigenvalue weighted by molar-refractivity contribution is 5.97. The molecule has 1 aromatic heterocycles. The van der Waals surface area contributed by atoms with Gasteiger partial charge >= 0.3 is 0 Å². The van der Waals surface area contributed by atoms with Gasteiger partial charge in [-0.1, -0.05) is 103 Å². The van der Waals surface area contributed by atoms with Gasteiger partial charge in [-0.05, 0) is 34.8 Å². The second-order valence-corrected chi connectivity index (χ2v) is 6.79. The lowest BCUT2D eigenvalue weighted by Gasteiger charge is -2.17. The summed E-state index contributed by atoms with van der Waals surface area (Å²) in [6, 6.07) is 33.2. The van der Waals surface area contributed by atoms with Crippen LogP contribution in [0, 0.1) is 0 Å². The highest BCUT2D eigenvalue weighted by atomic mass is 16.7. The lowest BCUT2D eigenvalue weighted by Crippen LogP contribution is -2.16. The Morgan fingerprint density at radius 3 is 1.97 bits per heavy atom. The Kier molecular flexibility index (Phi) is 5.87. The van der Waals surface area contributed by atoms with Gasteiger partial charge in [0.15, 0.2) is 0 Å². The first-order chi connectivity index (χ1) is 14.4. The van der Waals surface area contributed by atoms with Crippen molar-refractivity contribution < 1.29 is 4.84 Å². The van der Waals surface area contributed by atoms with Crippen LogP contribution < -0.4 is 4.84 Å². The highest BCUT2D eigenvalue weighted by Crippen LogP contribution is 2.33. The van der Waals surface area contributed by atoms with Gasteiger partial charge in [-0.2, -0.15) is 0 Å². The SMILES string of the molecule is CCC(=C(c1ccccc1)c1ccnn1OCc1ccccc1)c1ccccc1. The number of benzene rings is 3. The molecule has 0 atom stereocenters. The Morgan fingerprint density at radius 1 is 0.759 bits per heavy atom. The molecule has 0 unspecified atom stereocenters. The van der Waals surface area contributed by atoms with Crippen LogP contribution in [0.3, 0.4) is 0 Å². The molecule has 0 radical (unpaired) electrons. The molecule has 0 saturated heterocycles. The van der Waals surface area contributed by atoms with Gasteiger partial charge in [0, 0.05) is 5.57 Å². The van der Waals surface area contributed by atoms with E-state index in [-0.39, 0.29) is 0 Å². The molecule has 0 bridgehead atoms. The van der Waals surface area contributed by atoms with Crippen molar-refractivity contribution in [2.45, 2.75) is 20.0 Å². The summed E-state index contributed by atoms with van der Waals surface area (Å²) in [4.78, 5) is 7.71. The Bertz CT molecular complexity index is 1070. The van der Waals surface area contributed by atoms with E-state index in [4.69, 9.17) is 4.84 Å². The van der Waals surface area contributed by atoms with Gasteiger partial charge in [0.2, 0.25) is 0 Å². The molecule has 0 amide bonds. The van der Waals surface area contributed by atoms with Gasteiger partial charge < -0.3 is 4.84 Å². The summed E-state index contributed by atoms with van der Waals surface area (Å²) >= 11 is 0. The molecule has 144 valence electrons. The molecule has 0 aliphatic heterocycles. The van der Waals surface area contributed by atoms with Gasteiger partial charge in [0.25, 0.3) is 0 Å². The maximum absolute atomic E-state index is 6.07. The van der Waals surface area contributed by atoms with Gasteiger partial charge in [-0.15, -0.1) is 5.10 Å². The first-order valence-electron chi connectivity index (χ1n) is 9.92. The molecular weight excluding hydrogens is 356 g/mol. The van der Waals surface area contributed by atoms with Crippen LogP contribution in [-0.4, -0.2) is 9.94 Å². The number of aromatic nitrogens is 2. The number of nitrogens with zero attached hydrogens (tertiary/aromatic N) is 2. The summed E-state index contributed by atoms with van der Waals surface area (Å²) in [5.41, 5.74) is 6.83. The minimum Gasteiger partial charge on any atom is -0.391 e. The average molecular weight is 380 g/mol. The van der Waals surface area contributed by atoms with Crippen LogP contribution >= 0.6 is 0 Å². The number of allylic oxidation sites excluding steroid dienone is 1. The summed E-state index contributed by atoms with van der Waals surface area (Å²) in [5, 5.41) is 4.45. The van der Waals surface area contributed by atoms with E-state index in [1.807, 2.05) is 36.4 Å². The van der Waals surface area contributed by atoms with Crippen LogP contribution in [0.1, 0.15) is 35.7 Å². The summed E-state index contributed by atoms with van der Waals surface area (Å²) < 4.78 is 0.